The second-order valence-corrected chi connectivity index (χ2v) is 8.52. The molecule has 29 heavy (non-hydrogen) atoms. The van der Waals surface area contributed by atoms with E-state index >= 15 is 0 Å². The van der Waals surface area contributed by atoms with Gasteiger partial charge in [-0.3, -0.25) is 9.36 Å². The number of aromatic nitrogens is 3. The molecule has 4 rings (SSSR count). The molecule has 6 nitrogen and oxygen atoms in total. The van der Waals surface area contributed by atoms with Gasteiger partial charge in [-0.15, -0.1) is 10.2 Å². The Kier molecular flexibility index (Phi) is 6.34. The lowest BCUT2D eigenvalue weighted by molar-refractivity contribution is -0.119. The Hall–Kier alpha value is -2.54. The molecule has 0 saturated heterocycles. The average Bonchev–Trinajstić information content (AvgIpc) is 3.39. The van der Waals surface area contributed by atoms with Crippen LogP contribution < -0.4 is 5.32 Å². The van der Waals surface area contributed by atoms with Crippen LogP contribution in [0.1, 0.15) is 38.2 Å². The van der Waals surface area contributed by atoms with Crippen molar-refractivity contribution in [3.8, 4) is 11.6 Å². The van der Waals surface area contributed by atoms with Crippen LogP contribution in [-0.4, -0.2) is 32.5 Å². The smallest absolute Gasteiger partial charge is 0.230 e. The van der Waals surface area contributed by atoms with E-state index in [0.717, 1.165) is 12.0 Å². The quantitative estimate of drug-likeness (QED) is 0.586. The third kappa shape index (κ3) is 4.90. The lowest BCUT2D eigenvalue weighted by Crippen LogP contribution is -2.41. The van der Waals surface area contributed by atoms with Crippen LogP contribution >= 0.6 is 11.8 Å². The average molecular weight is 411 g/mol. The Morgan fingerprint density at radius 2 is 2.00 bits per heavy atom. The summed E-state index contributed by atoms with van der Waals surface area (Å²) in [7, 11) is 0. The summed E-state index contributed by atoms with van der Waals surface area (Å²) in [5.74, 6) is 2.27. The van der Waals surface area contributed by atoms with Gasteiger partial charge < -0.3 is 9.73 Å². The Bertz CT molecular complexity index is 924. The van der Waals surface area contributed by atoms with E-state index < -0.39 is 0 Å². The highest BCUT2D eigenvalue weighted by Gasteiger charge is 2.23. The number of furan rings is 1. The first-order chi connectivity index (χ1) is 14.2. The Morgan fingerprint density at radius 3 is 2.76 bits per heavy atom. The number of benzene rings is 1. The van der Waals surface area contributed by atoms with Gasteiger partial charge in [0, 0.05) is 6.04 Å². The molecule has 0 bridgehead atoms. The van der Waals surface area contributed by atoms with Gasteiger partial charge in [-0.25, -0.2) is 0 Å². The van der Waals surface area contributed by atoms with E-state index in [0.29, 0.717) is 35.0 Å². The minimum absolute atomic E-state index is 0.0579. The first-order valence-electron chi connectivity index (χ1n) is 10.1. The second kappa shape index (κ2) is 9.31. The molecule has 2 unspecified atom stereocenters. The molecule has 2 heterocycles. The van der Waals surface area contributed by atoms with Crippen LogP contribution in [0.3, 0.4) is 0 Å². The van der Waals surface area contributed by atoms with Crippen molar-refractivity contribution in [1.29, 1.82) is 0 Å². The van der Waals surface area contributed by atoms with Gasteiger partial charge in [0.15, 0.2) is 10.9 Å². The van der Waals surface area contributed by atoms with E-state index in [9.17, 15) is 4.79 Å². The van der Waals surface area contributed by atoms with Gasteiger partial charge in [0.25, 0.3) is 0 Å². The maximum atomic E-state index is 12.5. The number of carbonyl (C=O) groups excluding carboxylic acids is 1. The molecule has 1 aromatic carbocycles. The first kappa shape index (κ1) is 19.8. The van der Waals surface area contributed by atoms with Crippen molar-refractivity contribution < 1.29 is 9.21 Å². The Morgan fingerprint density at radius 1 is 1.17 bits per heavy atom. The van der Waals surface area contributed by atoms with E-state index in [1.165, 1.54) is 31.0 Å². The Labute approximate surface area is 175 Å². The van der Waals surface area contributed by atoms with Crippen molar-refractivity contribution in [2.45, 2.75) is 50.4 Å². The molecule has 1 saturated carbocycles. The molecule has 2 aromatic heterocycles. The predicted octanol–water partition coefficient (Wildman–Crippen LogP) is 4.37. The van der Waals surface area contributed by atoms with Crippen molar-refractivity contribution in [2.75, 3.05) is 5.75 Å². The summed E-state index contributed by atoms with van der Waals surface area (Å²) in [6.45, 7) is 2.84. The third-order valence-electron chi connectivity index (χ3n) is 5.43. The summed E-state index contributed by atoms with van der Waals surface area (Å²) in [6, 6.07) is 14.2. The van der Waals surface area contributed by atoms with Crippen LogP contribution in [0.5, 0.6) is 0 Å². The summed E-state index contributed by atoms with van der Waals surface area (Å²) in [6.07, 6.45) is 6.35. The zero-order chi connectivity index (χ0) is 20.1. The van der Waals surface area contributed by atoms with Crippen molar-refractivity contribution in [3.63, 3.8) is 0 Å². The molecule has 2 atom stereocenters. The molecule has 1 aliphatic rings. The molecular formula is C22H26N4O2S. The van der Waals surface area contributed by atoms with Gasteiger partial charge >= 0.3 is 0 Å². The van der Waals surface area contributed by atoms with Gasteiger partial charge in [-0.05, 0) is 36.5 Å². The highest BCUT2D eigenvalue weighted by Crippen LogP contribution is 2.26. The number of rotatable bonds is 7. The van der Waals surface area contributed by atoms with Crippen LogP contribution in [0.4, 0.5) is 0 Å². The molecule has 1 N–H and O–H groups in total. The zero-order valence-corrected chi connectivity index (χ0v) is 17.4. The molecule has 0 radical (unpaired) electrons. The van der Waals surface area contributed by atoms with Crippen LogP contribution in [0.2, 0.25) is 0 Å². The number of nitrogens with one attached hydrogen (secondary N) is 1. The largest absolute Gasteiger partial charge is 0.461 e. The molecule has 7 heteroatoms. The van der Waals surface area contributed by atoms with Crippen LogP contribution in [0.15, 0.2) is 58.3 Å². The molecule has 152 valence electrons. The summed E-state index contributed by atoms with van der Waals surface area (Å²) in [5, 5.41) is 12.6. The van der Waals surface area contributed by atoms with Gasteiger partial charge in [0.1, 0.15) is 0 Å². The minimum atomic E-state index is 0.0579. The molecule has 3 aromatic rings. The summed E-state index contributed by atoms with van der Waals surface area (Å²) < 4.78 is 7.55. The first-order valence-corrected chi connectivity index (χ1v) is 11.1. The van der Waals surface area contributed by atoms with Gasteiger partial charge in [-0.1, -0.05) is 61.9 Å². The maximum Gasteiger partial charge on any atom is 0.230 e. The van der Waals surface area contributed by atoms with Gasteiger partial charge in [0.2, 0.25) is 11.7 Å². The monoisotopic (exact) mass is 410 g/mol. The molecule has 0 aliphatic heterocycles. The number of nitrogens with zero attached hydrogens (tertiary/aromatic N) is 3. The zero-order valence-electron chi connectivity index (χ0n) is 16.6. The highest BCUT2D eigenvalue weighted by atomic mass is 32.2. The van der Waals surface area contributed by atoms with E-state index in [1.54, 1.807) is 6.26 Å². The van der Waals surface area contributed by atoms with E-state index in [2.05, 4.69) is 34.6 Å². The topological polar surface area (TPSA) is 73.0 Å². The Balaban J connectivity index is 1.47. The van der Waals surface area contributed by atoms with E-state index in [4.69, 9.17) is 4.42 Å². The second-order valence-electron chi connectivity index (χ2n) is 7.58. The van der Waals surface area contributed by atoms with E-state index in [-0.39, 0.29) is 11.9 Å². The van der Waals surface area contributed by atoms with Crippen LogP contribution in [0, 0.1) is 5.92 Å². The minimum Gasteiger partial charge on any atom is -0.461 e. The number of amides is 1. The fraction of sp³-hybridized carbons (Fsp3) is 0.409. The third-order valence-corrected chi connectivity index (χ3v) is 6.40. The number of thioether (sulfide) groups is 1. The summed E-state index contributed by atoms with van der Waals surface area (Å²) >= 11 is 1.42. The van der Waals surface area contributed by atoms with E-state index in [1.807, 2.05) is 34.9 Å². The number of hydrogen-bond donors (Lipinski definition) is 1. The molecular weight excluding hydrogens is 384 g/mol. The SMILES string of the molecule is CC1CCCCC1NC(=O)CSc1nnc(-c2ccco2)n1Cc1ccccc1. The standard InChI is InChI=1S/C22H26N4O2S/c1-16-8-5-6-11-18(16)23-20(27)15-29-22-25-24-21(19-12-7-13-28-19)26(22)14-17-9-3-2-4-10-17/h2-4,7,9-10,12-13,16,18H,5-6,8,11,14-15H2,1H3,(H,23,27). The normalized spacial score (nSPS) is 19.2. The number of hydrogen-bond acceptors (Lipinski definition) is 5. The van der Waals surface area contributed by atoms with Gasteiger partial charge in [0.05, 0.1) is 18.6 Å². The lowest BCUT2D eigenvalue weighted by atomic mass is 9.86. The molecule has 1 fully saturated rings. The highest BCUT2D eigenvalue weighted by molar-refractivity contribution is 7.99. The predicted molar refractivity (Wildman–Crippen MR) is 114 cm³/mol. The summed E-state index contributed by atoms with van der Waals surface area (Å²) in [5.41, 5.74) is 1.14. The molecule has 0 spiro atoms. The van der Waals surface area contributed by atoms with Gasteiger partial charge in [-0.2, -0.15) is 0 Å². The summed E-state index contributed by atoms with van der Waals surface area (Å²) in [4.78, 5) is 12.5. The van der Waals surface area contributed by atoms with Crippen LogP contribution in [-0.2, 0) is 11.3 Å². The van der Waals surface area contributed by atoms with Crippen molar-refractivity contribution in [3.05, 3.63) is 54.3 Å². The van der Waals surface area contributed by atoms with Crippen molar-refractivity contribution in [1.82, 2.24) is 20.1 Å². The lowest BCUT2D eigenvalue weighted by Gasteiger charge is -2.29. The van der Waals surface area contributed by atoms with Crippen molar-refractivity contribution in [2.24, 2.45) is 5.92 Å². The molecule has 1 amide bonds. The number of carbonyl (C=O) groups is 1. The maximum absolute atomic E-state index is 12.5. The fourth-order valence-electron chi connectivity index (χ4n) is 3.80. The van der Waals surface area contributed by atoms with Crippen molar-refractivity contribution >= 4 is 17.7 Å². The molecule has 1 aliphatic carbocycles. The van der Waals surface area contributed by atoms with Crippen LogP contribution in [0.25, 0.3) is 11.6 Å². The fourth-order valence-corrected chi connectivity index (χ4v) is 4.55.